The molecule has 0 atom stereocenters. The Kier molecular flexibility index (Phi) is 3.69. The second kappa shape index (κ2) is 5.26. The molecule has 1 aliphatic heterocycles. The van der Waals surface area contributed by atoms with Crippen molar-refractivity contribution in [1.82, 2.24) is 9.80 Å². The molecule has 0 aromatic heterocycles. The molecule has 19 heavy (non-hydrogen) atoms. The first-order valence-electron chi connectivity index (χ1n) is 6.15. The van der Waals surface area contributed by atoms with Gasteiger partial charge < -0.3 is 15.5 Å². The third kappa shape index (κ3) is 2.67. The lowest BCUT2D eigenvalue weighted by Gasteiger charge is -2.33. The molecule has 2 amide bonds. The molecule has 1 aromatic carbocycles. The molecule has 102 valence electrons. The number of piperazine rings is 1. The number of anilines is 1. The Hall–Kier alpha value is -2.11. The van der Waals surface area contributed by atoms with Gasteiger partial charge >= 0.3 is 11.8 Å². The van der Waals surface area contributed by atoms with E-state index in [2.05, 4.69) is 0 Å². The first-order chi connectivity index (χ1) is 9.02. The van der Waals surface area contributed by atoms with Crippen molar-refractivity contribution in [2.75, 3.05) is 25.4 Å². The van der Waals surface area contributed by atoms with Crippen molar-refractivity contribution >= 4 is 17.5 Å². The van der Waals surface area contributed by atoms with Crippen LogP contribution in [-0.2, 0) is 16.1 Å². The number of benzene rings is 1. The van der Waals surface area contributed by atoms with Crippen molar-refractivity contribution in [3.05, 3.63) is 29.6 Å². The van der Waals surface area contributed by atoms with Gasteiger partial charge in [0.2, 0.25) is 0 Å². The summed E-state index contributed by atoms with van der Waals surface area (Å²) in [5.74, 6) is -1.48. The van der Waals surface area contributed by atoms with E-state index in [0.29, 0.717) is 30.9 Å². The van der Waals surface area contributed by atoms with Gasteiger partial charge in [-0.25, -0.2) is 4.39 Å². The van der Waals surface area contributed by atoms with Crippen LogP contribution in [0, 0.1) is 5.82 Å². The zero-order valence-corrected chi connectivity index (χ0v) is 10.7. The van der Waals surface area contributed by atoms with Crippen LogP contribution < -0.4 is 5.73 Å². The summed E-state index contributed by atoms with van der Waals surface area (Å²) in [5, 5.41) is 0. The number of halogens is 1. The molecule has 0 saturated carbocycles. The SMILES string of the molecule is CCN1CCN(Cc2cc(F)ccc2N)C(=O)C1=O. The predicted octanol–water partition coefficient (Wildman–Crippen LogP) is 0.599. The fourth-order valence-electron chi connectivity index (χ4n) is 2.08. The van der Waals surface area contributed by atoms with E-state index in [1.54, 1.807) is 0 Å². The molecule has 1 aliphatic rings. The third-order valence-corrected chi connectivity index (χ3v) is 3.25. The van der Waals surface area contributed by atoms with Crippen molar-refractivity contribution < 1.29 is 14.0 Å². The number of likely N-dealkylation sites (N-methyl/N-ethyl adjacent to an activating group) is 1. The van der Waals surface area contributed by atoms with E-state index in [1.807, 2.05) is 6.92 Å². The lowest BCUT2D eigenvalue weighted by molar-refractivity contribution is -0.156. The molecule has 1 fully saturated rings. The highest BCUT2D eigenvalue weighted by molar-refractivity contribution is 6.35. The minimum Gasteiger partial charge on any atom is -0.398 e. The molecule has 2 N–H and O–H groups in total. The summed E-state index contributed by atoms with van der Waals surface area (Å²) in [5.41, 5.74) is 6.68. The Morgan fingerprint density at radius 2 is 1.84 bits per heavy atom. The Balaban J connectivity index is 2.14. The summed E-state index contributed by atoms with van der Waals surface area (Å²) >= 11 is 0. The Labute approximate surface area is 110 Å². The molecule has 0 unspecified atom stereocenters. The maximum atomic E-state index is 13.2. The van der Waals surface area contributed by atoms with E-state index in [1.165, 1.54) is 28.0 Å². The second-order valence-electron chi connectivity index (χ2n) is 4.45. The molecule has 2 rings (SSSR count). The zero-order chi connectivity index (χ0) is 14.0. The number of nitrogens with zero attached hydrogens (tertiary/aromatic N) is 2. The number of hydrogen-bond donors (Lipinski definition) is 1. The smallest absolute Gasteiger partial charge is 0.312 e. The molecule has 0 radical (unpaired) electrons. The normalized spacial score (nSPS) is 16.1. The first kappa shape index (κ1) is 13.3. The van der Waals surface area contributed by atoms with Crippen LogP contribution in [0.15, 0.2) is 18.2 Å². The molecule has 5 nitrogen and oxygen atoms in total. The van der Waals surface area contributed by atoms with Gasteiger partial charge in [0.25, 0.3) is 0 Å². The fourth-order valence-corrected chi connectivity index (χ4v) is 2.08. The topological polar surface area (TPSA) is 66.6 Å². The van der Waals surface area contributed by atoms with Crippen molar-refractivity contribution in [3.8, 4) is 0 Å². The average Bonchev–Trinajstić information content (AvgIpc) is 2.39. The summed E-state index contributed by atoms with van der Waals surface area (Å²) in [6, 6.07) is 4.01. The highest BCUT2D eigenvalue weighted by atomic mass is 19.1. The van der Waals surface area contributed by atoms with E-state index < -0.39 is 17.6 Å². The van der Waals surface area contributed by atoms with Gasteiger partial charge in [0.05, 0.1) is 0 Å². The quantitative estimate of drug-likeness (QED) is 0.643. The van der Waals surface area contributed by atoms with Crippen molar-refractivity contribution in [2.24, 2.45) is 0 Å². The van der Waals surface area contributed by atoms with Gasteiger partial charge in [-0.1, -0.05) is 0 Å². The van der Waals surface area contributed by atoms with Crippen LogP contribution in [0.3, 0.4) is 0 Å². The number of amides is 2. The maximum Gasteiger partial charge on any atom is 0.312 e. The van der Waals surface area contributed by atoms with Gasteiger partial charge in [-0.15, -0.1) is 0 Å². The number of carbonyl (C=O) groups is 2. The summed E-state index contributed by atoms with van der Waals surface area (Å²) in [6.45, 7) is 3.43. The lowest BCUT2D eigenvalue weighted by atomic mass is 10.1. The van der Waals surface area contributed by atoms with Crippen LogP contribution >= 0.6 is 0 Å². The van der Waals surface area contributed by atoms with Crippen molar-refractivity contribution in [1.29, 1.82) is 0 Å². The number of hydrogen-bond acceptors (Lipinski definition) is 3. The van der Waals surface area contributed by atoms with Crippen molar-refractivity contribution in [2.45, 2.75) is 13.5 Å². The van der Waals surface area contributed by atoms with Crippen LogP contribution in [0.4, 0.5) is 10.1 Å². The molecular weight excluding hydrogens is 249 g/mol. The van der Waals surface area contributed by atoms with Gasteiger partial charge in [-0.2, -0.15) is 0 Å². The first-order valence-corrected chi connectivity index (χ1v) is 6.15. The minimum atomic E-state index is -0.559. The third-order valence-electron chi connectivity index (χ3n) is 3.25. The van der Waals surface area contributed by atoms with Crippen LogP contribution in [0.25, 0.3) is 0 Å². The molecule has 1 aromatic rings. The van der Waals surface area contributed by atoms with Gasteiger partial charge in [0, 0.05) is 31.9 Å². The van der Waals surface area contributed by atoms with E-state index >= 15 is 0 Å². The van der Waals surface area contributed by atoms with Crippen LogP contribution in [0.1, 0.15) is 12.5 Å². The van der Waals surface area contributed by atoms with Gasteiger partial charge in [-0.05, 0) is 30.7 Å². The molecule has 0 spiro atoms. The second-order valence-corrected chi connectivity index (χ2v) is 4.45. The van der Waals surface area contributed by atoms with E-state index in [-0.39, 0.29) is 6.54 Å². The van der Waals surface area contributed by atoms with Gasteiger partial charge in [0.1, 0.15) is 5.82 Å². The summed E-state index contributed by atoms with van der Waals surface area (Å²) in [6.07, 6.45) is 0. The molecule has 6 heteroatoms. The van der Waals surface area contributed by atoms with Crippen molar-refractivity contribution in [3.63, 3.8) is 0 Å². The Bertz CT molecular complexity index is 519. The minimum absolute atomic E-state index is 0.158. The number of nitrogens with two attached hydrogens (primary N) is 1. The predicted molar refractivity (Wildman–Crippen MR) is 68.5 cm³/mol. The Morgan fingerprint density at radius 3 is 2.53 bits per heavy atom. The molecule has 0 aliphatic carbocycles. The average molecular weight is 265 g/mol. The Morgan fingerprint density at radius 1 is 1.21 bits per heavy atom. The van der Waals surface area contributed by atoms with E-state index in [9.17, 15) is 14.0 Å². The molecule has 1 heterocycles. The van der Waals surface area contributed by atoms with E-state index in [0.717, 1.165) is 0 Å². The summed E-state index contributed by atoms with van der Waals surface area (Å²) in [7, 11) is 0. The molecule has 1 saturated heterocycles. The number of rotatable bonds is 3. The van der Waals surface area contributed by atoms with E-state index in [4.69, 9.17) is 5.73 Å². The van der Waals surface area contributed by atoms with Crippen LogP contribution in [0.5, 0.6) is 0 Å². The van der Waals surface area contributed by atoms with Gasteiger partial charge in [0.15, 0.2) is 0 Å². The largest absolute Gasteiger partial charge is 0.398 e. The maximum absolute atomic E-state index is 13.2. The lowest BCUT2D eigenvalue weighted by Crippen LogP contribution is -2.53. The standard InChI is InChI=1S/C13H16FN3O2/c1-2-16-5-6-17(13(19)12(16)18)8-9-7-10(14)3-4-11(9)15/h3-4,7H,2,5-6,8,15H2,1H3. The van der Waals surface area contributed by atoms with Crippen LogP contribution in [-0.4, -0.2) is 41.2 Å². The summed E-state index contributed by atoms with van der Waals surface area (Å²) in [4.78, 5) is 26.5. The monoisotopic (exact) mass is 265 g/mol. The summed E-state index contributed by atoms with van der Waals surface area (Å²) < 4.78 is 13.2. The number of carbonyl (C=O) groups excluding carboxylic acids is 2. The molecule has 0 bridgehead atoms. The van der Waals surface area contributed by atoms with Gasteiger partial charge in [-0.3, -0.25) is 9.59 Å². The van der Waals surface area contributed by atoms with Crippen LogP contribution in [0.2, 0.25) is 0 Å². The molecular formula is C13H16FN3O2. The fraction of sp³-hybridized carbons (Fsp3) is 0.385. The zero-order valence-electron chi connectivity index (χ0n) is 10.7. The number of nitrogen functional groups attached to an aromatic ring is 1. The highest BCUT2D eigenvalue weighted by Crippen LogP contribution is 2.17. The highest BCUT2D eigenvalue weighted by Gasteiger charge is 2.31.